The van der Waals surface area contributed by atoms with Crippen LogP contribution in [0.2, 0.25) is 0 Å². The number of carbonyl (C=O) groups is 1. The number of carbonyl (C=O) groups excluding carboxylic acids is 1. The zero-order valence-corrected chi connectivity index (χ0v) is 21.7. The monoisotopic (exact) mass is 525 g/mol. The minimum Gasteiger partial charge on any atom is -0.494 e. The van der Waals surface area contributed by atoms with Crippen molar-refractivity contribution in [3.05, 3.63) is 72.2 Å². The number of thiazole rings is 1. The van der Waals surface area contributed by atoms with Gasteiger partial charge in [0.15, 0.2) is 5.13 Å². The lowest BCUT2D eigenvalue weighted by molar-refractivity contribution is -0.123. The maximum Gasteiger partial charge on any atom is 0.243 e. The summed E-state index contributed by atoms with van der Waals surface area (Å²) in [5.41, 5.74) is 1.67. The van der Waals surface area contributed by atoms with Gasteiger partial charge in [0.25, 0.3) is 0 Å². The van der Waals surface area contributed by atoms with Crippen LogP contribution in [0.3, 0.4) is 0 Å². The second-order valence-corrected chi connectivity index (χ2v) is 11.8. The maximum atomic E-state index is 13.9. The molecule has 1 amide bonds. The second kappa shape index (κ2) is 10.0. The highest BCUT2D eigenvalue weighted by Gasteiger charge is 2.36. The molecule has 1 aliphatic heterocycles. The van der Waals surface area contributed by atoms with Crippen molar-refractivity contribution >= 4 is 42.6 Å². The summed E-state index contributed by atoms with van der Waals surface area (Å²) in [4.78, 5) is 20.5. The predicted octanol–water partition coefficient (Wildman–Crippen LogP) is 4.84. The molecule has 4 aromatic rings. The lowest BCUT2D eigenvalue weighted by atomic mass is 9.98. The molecule has 36 heavy (non-hydrogen) atoms. The number of hydrogen-bond donors (Lipinski definition) is 0. The number of methoxy groups -OCH3 is 1. The van der Waals surface area contributed by atoms with Crippen LogP contribution >= 0.6 is 11.3 Å². The normalized spacial score (nSPS) is 16.8. The molecule has 8 nitrogen and oxygen atoms in total. The molecule has 2 aromatic heterocycles. The van der Waals surface area contributed by atoms with Crippen molar-refractivity contribution in [3.63, 3.8) is 0 Å². The van der Waals surface area contributed by atoms with E-state index in [1.54, 1.807) is 48.6 Å². The number of hydrogen-bond acceptors (Lipinski definition) is 7. The van der Waals surface area contributed by atoms with Crippen LogP contribution in [0, 0.1) is 12.8 Å². The number of amides is 1. The average molecular weight is 526 g/mol. The van der Waals surface area contributed by atoms with E-state index >= 15 is 0 Å². The van der Waals surface area contributed by atoms with E-state index < -0.39 is 15.9 Å². The van der Waals surface area contributed by atoms with Crippen molar-refractivity contribution in [2.75, 3.05) is 25.1 Å². The summed E-state index contributed by atoms with van der Waals surface area (Å²) in [6.45, 7) is 2.63. The van der Waals surface area contributed by atoms with Crippen LogP contribution in [0.25, 0.3) is 10.2 Å². The summed E-state index contributed by atoms with van der Waals surface area (Å²) in [7, 11) is -2.11. The van der Waals surface area contributed by atoms with E-state index in [1.165, 1.54) is 15.6 Å². The van der Waals surface area contributed by atoms with E-state index in [1.807, 2.05) is 31.2 Å². The molecule has 0 aliphatic carbocycles. The number of para-hydroxylation sites is 1. The minimum absolute atomic E-state index is 0.123. The molecule has 3 heterocycles. The number of fused-ring (bicyclic) bond motifs is 1. The number of ether oxygens (including phenoxy) is 1. The number of piperidine rings is 1. The molecule has 1 saturated heterocycles. The van der Waals surface area contributed by atoms with Gasteiger partial charge in [-0.1, -0.05) is 35.1 Å². The first-order chi connectivity index (χ1) is 17.4. The predicted molar refractivity (Wildman–Crippen MR) is 139 cm³/mol. The SMILES string of the molecule is COc1cccc2sc(N(Cc3ccco3)C(=O)C3CCCN(S(=O)(=O)c4ccc(C)cc4)C3)nc12. The zero-order valence-electron chi connectivity index (χ0n) is 20.1. The molecule has 5 rings (SSSR count). The Balaban J connectivity index is 1.45. The molecule has 0 spiro atoms. The summed E-state index contributed by atoms with van der Waals surface area (Å²) in [6.07, 6.45) is 2.77. The maximum absolute atomic E-state index is 13.9. The van der Waals surface area contributed by atoms with Crippen LogP contribution < -0.4 is 9.64 Å². The highest BCUT2D eigenvalue weighted by molar-refractivity contribution is 7.89. The first-order valence-corrected chi connectivity index (χ1v) is 14.0. The van der Waals surface area contributed by atoms with Crippen molar-refractivity contribution in [2.45, 2.75) is 31.2 Å². The first kappa shape index (κ1) is 24.5. The van der Waals surface area contributed by atoms with Gasteiger partial charge in [-0.25, -0.2) is 13.4 Å². The van der Waals surface area contributed by atoms with E-state index in [0.717, 1.165) is 10.3 Å². The number of aryl methyl sites for hydroxylation is 1. The summed E-state index contributed by atoms with van der Waals surface area (Å²) < 4.78 is 39.9. The Morgan fingerprint density at radius 2 is 2.00 bits per heavy atom. The van der Waals surface area contributed by atoms with Crippen molar-refractivity contribution in [2.24, 2.45) is 5.92 Å². The quantitative estimate of drug-likeness (QED) is 0.343. The molecule has 0 saturated carbocycles. The summed E-state index contributed by atoms with van der Waals surface area (Å²) >= 11 is 1.39. The molecule has 1 atom stereocenters. The van der Waals surface area contributed by atoms with Gasteiger partial charge in [0.2, 0.25) is 15.9 Å². The molecule has 0 bridgehead atoms. The van der Waals surface area contributed by atoms with Crippen LogP contribution in [0.5, 0.6) is 5.75 Å². The Morgan fingerprint density at radius 1 is 1.19 bits per heavy atom. The number of aromatic nitrogens is 1. The Morgan fingerprint density at radius 3 is 2.72 bits per heavy atom. The van der Waals surface area contributed by atoms with Crippen molar-refractivity contribution < 1.29 is 22.4 Å². The summed E-state index contributed by atoms with van der Waals surface area (Å²) in [5.74, 6) is 0.582. The molecule has 10 heteroatoms. The van der Waals surface area contributed by atoms with Gasteiger partial charge in [-0.15, -0.1) is 0 Å². The van der Waals surface area contributed by atoms with E-state index in [0.29, 0.717) is 41.5 Å². The third-order valence-electron chi connectivity index (χ3n) is 6.37. The molecule has 1 fully saturated rings. The topological polar surface area (TPSA) is 93.0 Å². The van der Waals surface area contributed by atoms with Gasteiger partial charge in [0.1, 0.15) is 17.0 Å². The van der Waals surface area contributed by atoms with Gasteiger partial charge in [0.05, 0.1) is 35.4 Å². The Bertz CT molecular complexity index is 1460. The Kier molecular flexibility index (Phi) is 6.83. The molecule has 1 unspecified atom stereocenters. The lowest BCUT2D eigenvalue weighted by Gasteiger charge is -2.33. The van der Waals surface area contributed by atoms with E-state index in [4.69, 9.17) is 14.1 Å². The number of nitrogens with zero attached hydrogens (tertiary/aromatic N) is 3. The van der Waals surface area contributed by atoms with Gasteiger partial charge in [-0.3, -0.25) is 9.69 Å². The molecule has 0 radical (unpaired) electrons. The smallest absolute Gasteiger partial charge is 0.243 e. The first-order valence-electron chi connectivity index (χ1n) is 11.7. The standard InChI is InChI=1S/C26H27N3O5S2/c1-18-10-12-21(13-11-18)36(31,32)28-14-4-6-19(16-28)25(30)29(17-20-7-5-15-34-20)26-27-24-22(33-2)8-3-9-23(24)35-26/h3,5,7-13,15,19H,4,6,14,16-17H2,1-2H3. The Labute approximate surface area is 214 Å². The molecular weight excluding hydrogens is 498 g/mol. The number of benzene rings is 2. The highest BCUT2D eigenvalue weighted by Crippen LogP contribution is 2.36. The molecule has 188 valence electrons. The molecule has 0 N–H and O–H groups in total. The fourth-order valence-electron chi connectivity index (χ4n) is 4.43. The average Bonchev–Trinajstić information content (AvgIpc) is 3.57. The molecular formula is C26H27N3O5S2. The number of anilines is 1. The fourth-order valence-corrected chi connectivity index (χ4v) is 6.94. The van der Waals surface area contributed by atoms with Gasteiger partial charge in [-0.05, 0) is 56.2 Å². The van der Waals surface area contributed by atoms with E-state index in [2.05, 4.69) is 0 Å². The van der Waals surface area contributed by atoms with Gasteiger partial charge < -0.3 is 9.15 Å². The summed E-state index contributed by atoms with van der Waals surface area (Å²) in [5, 5.41) is 0.523. The van der Waals surface area contributed by atoms with Gasteiger partial charge >= 0.3 is 0 Å². The van der Waals surface area contributed by atoms with E-state index in [9.17, 15) is 13.2 Å². The van der Waals surface area contributed by atoms with Gasteiger partial charge in [0, 0.05) is 13.1 Å². The third kappa shape index (κ3) is 4.76. The number of rotatable bonds is 7. The van der Waals surface area contributed by atoms with Crippen LogP contribution in [0.4, 0.5) is 5.13 Å². The van der Waals surface area contributed by atoms with Crippen LogP contribution in [0.15, 0.2) is 70.2 Å². The fraction of sp³-hybridized carbons (Fsp3) is 0.308. The largest absolute Gasteiger partial charge is 0.494 e. The lowest BCUT2D eigenvalue weighted by Crippen LogP contribution is -2.46. The zero-order chi connectivity index (χ0) is 25.3. The number of furan rings is 1. The van der Waals surface area contributed by atoms with Crippen LogP contribution in [0.1, 0.15) is 24.2 Å². The highest BCUT2D eigenvalue weighted by atomic mass is 32.2. The second-order valence-electron chi connectivity index (χ2n) is 8.82. The third-order valence-corrected chi connectivity index (χ3v) is 9.30. The van der Waals surface area contributed by atoms with Crippen molar-refractivity contribution in [1.29, 1.82) is 0 Å². The minimum atomic E-state index is -3.70. The molecule has 2 aromatic carbocycles. The van der Waals surface area contributed by atoms with Crippen LogP contribution in [-0.2, 0) is 21.4 Å². The van der Waals surface area contributed by atoms with Crippen molar-refractivity contribution in [1.82, 2.24) is 9.29 Å². The summed E-state index contributed by atoms with van der Waals surface area (Å²) in [6, 6.07) is 16.0. The van der Waals surface area contributed by atoms with Gasteiger partial charge in [-0.2, -0.15) is 4.31 Å². The Hall–Kier alpha value is -3.21. The number of sulfonamides is 1. The van der Waals surface area contributed by atoms with Crippen LogP contribution in [-0.4, -0.2) is 43.8 Å². The molecule has 1 aliphatic rings. The van der Waals surface area contributed by atoms with Crippen molar-refractivity contribution in [3.8, 4) is 5.75 Å². The van der Waals surface area contributed by atoms with E-state index in [-0.39, 0.29) is 23.9 Å².